The van der Waals surface area contributed by atoms with Crippen LogP contribution in [0.5, 0.6) is 11.5 Å². The highest BCUT2D eigenvalue weighted by molar-refractivity contribution is 6.15. The molecule has 4 rings (SSSR count). The molecule has 1 aromatic carbocycles. The minimum atomic E-state index is -0.796. The normalized spacial score (nSPS) is 18.9. The standard InChI is InChI=1S/C26H32N2O7/c1-4-13-34-19-8-6-18(16-21(19)32-3)23-22(24(29)20-7-5-17(2)35-20)25(30)26(31)28(23)10-9-27-11-14-33-15-12-27/h5-8,16,23,30H,4,9-15H2,1-3H3/t23-/m0/s1. The molecule has 9 heteroatoms. The molecule has 2 aromatic rings. The number of hydrogen-bond acceptors (Lipinski definition) is 8. The quantitative estimate of drug-likeness (QED) is 0.513. The number of carbonyl (C=O) groups is 2. The van der Waals surface area contributed by atoms with Gasteiger partial charge in [0.05, 0.1) is 38.5 Å². The molecule has 3 heterocycles. The van der Waals surface area contributed by atoms with Crippen LogP contribution in [0.15, 0.2) is 46.1 Å². The molecule has 2 aliphatic heterocycles. The zero-order valence-corrected chi connectivity index (χ0v) is 20.4. The van der Waals surface area contributed by atoms with E-state index in [1.54, 1.807) is 44.4 Å². The number of rotatable bonds is 10. The summed E-state index contributed by atoms with van der Waals surface area (Å²) in [4.78, 5) is 30.4. The lowest BCUT2D eigenvalue weighted by Gasteiger charge is -2.31. The van der Waals surface area contributed by atoms with Crippen molar-refractivity contribution in [3.8, 4) is 11.5 Å². The van der Waals surface area contributed by atoms with Crippen LogP contribution in [-0.2, 0) is 9.53 Å². The summed E-state index contributed by atoms with van der Waals surface area (Å²) in [5.41, 5.74) is 0.632. The molecule has 0 radical (unpaired) electrons. The first-order valence-corrected chi connectivity index (χ1v) is 11.9. The van der Waals surface area contributed by atoms with Gasteiger partial charge in [0, 0.05) is 26.2 Å². The van der Waals surface area contributed by atoms with Gasteiger partial charge in [-0.1, -0.05) is 13.0 Å². The summed E-state index contributed by atoms with van der Waals surface area (Å²) >= 11 is 0. The third-order valence-electron chi connectivity index (χ3n) is 6.24. The van der Waals surface area contributed by atoms with Crippen molar-refractivity contribution < 1.29 is 33.3 Å². The van der Waals surface area contributed by atoms with E-state index in [0.717, 1.165) is 19.5 Å². The molecule has 2 aliphatic rings. The van der Waals surface area contributed by atoms with Gasteiger partial charge in [-0.2, -0.15) is 0 Å². The maximum atomic E-state index is 13.4. The molecule has 0 spiro atoms. The summed E-state index contributed by atoms with van der Waals surface area (Å²) in [6.07, 6.45) is 0.842. The maximum Gasteiger partial charge on any atom is 0.290 e. The average molecular weight is 485 g/mol. The van der Waals surface area contributed by atoms with Crippen LogP contribution in [0.3, 0.4) is 0 Å². The number of morpholine rings is 1. The minimum absolute atomic E-state index is 0.00407. The lowest BCUT2D eigenvalue weighted by molar-refractivity contribution is -0.129. The van der Waals surface area contributed by atoms with E-state index in [1.165, 1.54) is 4.90 Å². The number of benzene rings is 1. The van der Waals surface area contributed by atoms with Crippen LogP contribution < -0.4 is 9.47 Å². The van der Waals surface area contributed by atoms with Gasteiger partial charge in [0.2, 0.25) is 5.78 Å². The number of aryl methyl sites for hydroxylation is 1. The predicted molar refractivity (Wildman–Crippen MR) is 128 cm³/mol. The summed E-state index contributed by atoms with van der Waals surface area (Å²) in [5, 5.41) is 10.9. The van der Waals surface area contributed by atoms with Crippen LogP contribution in [0.1, 0.15) is 41.3 Å². The molecule has 0 bridgehead atoms. The maximum absolute atomic E-state index is 13.4. The van der Waals surface area contributed by atoms with Crippen molar-refractivity contribution in [1.29, 1.82) is 0 Å². The SMILES string of the molecule is CCCOc1ccc([C@H]2C(C(=O)c3ccc(C)o3)=C(O)C(=O)N2CCN2CCOCC2)cc1OC. The molecule has 0 aliphatic carbocycles. The highest BCUT2D eigenvalue weighted by atomic mass is 16.5. The Hall–Kier alpha value is -3.30. The Bertz CT molecular complexity index is 1100. The van der Waals surface area contributed by atoms with Crippen LogP contribution in [0.25, 0.3) is 0 Å². The van der Waals surface area contributed by atoms with Gasteiger partial charge in [0.15, 0.2) is 23.0 Å². The molecule has 0 saturated carbocycles. The molecule has 1 atom stereocenters. The van der Waals surface area contributed by atoms with Crippen LogP contribution >= 0.6 is 0 Å². The van der Waals surface area contributed by atoms with Crippen LogP contribution in [0.4, 0.5) is 0 Å². The number of hydrogen-bond donors (Lipinski definition) is 1. The fraction of sp³-hybridized carbons (Fsp3) is 0.462. The number of ether oxygens (including phenoxy) is 3. The van der Waals surface area contributed by atoms with Crippen LogP contribution in [0, 0.1) is 6.92 Å². The second-order valence-corrected chi connectivity index (χ2v) is 8.62. The number of methoxy groups -OCH3 is 1. The van der Waals surface area contributed by atoms with E-state index in [2.05, 4.69) is 4.90 Å². The Labute approximate surface area is 204 Å². The molecule has 1 amide bonds. The molecule has 0 unspecified atom stereocenters. The van der Waals surface area contributed by atoms with E-state index in [-0.39, 0.29) is 11.3 Å². The summed E-state index contributed by atoms with van der Waals surface area (Å²) < 4.78 is 22.3. The smallest absolute Gasteiger partial charge is 0.290 e. The van der Waals surface area contributed by atoms with Gasteiger partial charge in [-0.05, 0) is 43.2 Å². The Balaban J connectivity index is 1.70. The van der Waals surface area contributed by atoms with Gasteiger partial charge >= 0.3 is 0 Å². The van der Waals surface area contributed by atoms with Crippen molar-refractivity contribution in [1.82, 2.24) is 9.80 Å². The number of amides is 1. The Kier molecular flexibility index (Phi) is 7.77. The summed E-state index contributed by atoms with van der Waals surface area (Å²) in [6, 6.07) is 7.75. The lowest BCUT2D eigenvalue weighted by atomic mass is 9.94. The third kappa shape index (κ3) is 5.21. The number of ketones is 1. The van der Waals surface area contributed by atoms with E-state index in [9.17, 15) is 14.7 Å². The van der Waals surface area contributed by atoms with Gasteiger partial charge in [0.1, 0.15) is 5.76 Å². The first kappa shape index (κ1) is 24.8. The second-order valence-electron chi connectivity index (χ2n) is 8.62. The number of Topliss-reactive ketones (excluding diaryl/α,β-unsaturated/α-hetero) is 1. The van der Waals surface area contributed by atoms with Crippen molar-refractivity contribution in [3.63, 3.8) is 0 Å². The van der Waals surface area contributed by atoms with Crippen molar-refractivity contribution >= 4 is 11.7 Å². The number of nitrogens with zero attached hydrogens (tertiary/aromatic N) is 2. The van der Waals surface area contributed by atoms with Gasteiger partial charge in [-0.15, -0.1) is 0 Å². The monoisotopic (exact) mass is 484 g/mol. The average Bonchev–Trinajstić information content (AvgIpc) is 3.42. The molecule has 1 aromatic heterocycles. The Morgan fingerprint density at radius 2 is 1.91 bits per heavy atom. The molecule has 188 valence electrons. The van der Waals surface area contributed by atoms with Gasteiger partial charge < -0.3 is 28.6 Å². The zero-order valence-electron chi connectivity index (χ0n) is 20.4. The van der Waals surface area contributed by atoms with E-state index in [0.29, 0.717) is 55.7 Å². The van der Waals surface area contributed by atoms with Gasteiger partial charge in [-0.25, -0.2) is 0 Å². The summed E-state index contributed by atoms with van der Waals surface area (Å²) in [6.45, 7) is 8.01. The van der Waals surface area contributed by atoms with Crippen LogP contribution in [0.2, 0.25) is 0 Å². The molecule has 1 saturated heterocycles. The largest absolute Gasteiger partial charge is 0.503 e. The number of carbonyl (C=O) groups excluding carboxylic acids is 2. The summed E-state index contributed by atoms with van der Waals surface area (Å²) in [5.74, 6) is 0.0486. The number of aliphatic hydroxyl groups excluding tert-OH is 1. The topological polar surface area (TPSA) is 102 Å². The van der Waals surface area contributed by atoms with Gasteiger partial charge in [0.25, 0.3) is 5.91 Å². The Morgan fingerprint density at radius 1 is 1.14 bits per heavy atom. The van der Waals surface area contributed by atoms with Crippen LogP contribution in [-0.4, -0.2) is 79.7 Å². The highest BCUT2D eigenvalue weighted by Gasteiger charge is 2.44. The molecule has 9 nitrogen and oxygen atoms in total. The first-order valence-electron chi connectivity index (χ1n) is 11.9. The fourth-order valence-electron chi connectivity index (χ4n) is 4.41. The molecular weight excluding hydrogens is 452 g/mol. The molecular formula is C26H32N2O7. The predicted octanol–water partition coefficient (Wildman–Crippen LogP) is 3.30. The summed E-state index contributed by atoms with van der Waals surface area (Å²) in [7, 11) is 1.54. The highest BCUT2D eigenvalue weighted by Crippen LogP contribution is 2.41. The van der Waals surface area contributed by atoms with Crippen molar-refractivity contribution in [2.75, 3.05) is 53.1 Å². The molecule has 1 N–H and O–H groups in total. The lowest BCUT2D eigenvalue weighted by Crippen LogP contribution is -2.43. The van der Waals surface area contributed by atoms with Crippen molar-refractivity contribution in [3.05, 3.63) is 58.7 Å². The van der Waals surface area contributed by atoms with Crippen molar-refractivity contribution in [2.24, 2.45) is 0 Å². The van der Waals surface area contributed by atoms with E-state index in [1.807, 2.05) is 6.92 Å². The van der Waals surface area contributed by atoms with E-state index < -0.39 is 23.5 Å². The van der Waals surface area contributed by atoms with E-state index >= 15 is 0 Å². The molecule has 1 fully saturated rings. The second kappa shape index (κ2) is 11.0. The number of furan rings is 1. The third-order valence-corrected chi connectivity index (χ3v) is 6.24. The van der Waals surface area contributed by atoms with Gasteiger partial charge in [-0.3, -0.25) is 14.5 Å². The van der Waals surface area contributed by atoms with E-state index in [4.69, 9.17) is 18.6 Å². The first-order chi connectivity index (χ1) is 16.9. The minimum Gasteiger partial charge on any atom is -0.503 e. The number of aliphatic hydroxyl groups is 1. The fourth-order valence-corrected chi connectivity index (χ4v) is 4.41. The molecule has 35 heavy (non-hydrogen) atoms. The van der Waals surface area contributed by atoms with Crippen molar-refractivity contribution in [2.45, 2.75) is 26.3 Å². The zero-order chi connectivity index (χ0) is 24.9. The Morgan fingerprint density at radius 3 is 2.57 bits per heavy atom.